The number of aryl methyl sites for hydroxylation is 3. The average Bonchev–Trinajstić information content (AvgIpc) is 2.57. The second kappa shape index (κ2) is 8.53. The molecule has 0 fully saturated rings. The molecule has 3 heteroatoms. The molecule has 2 aromatic rings. The van der Waals surface area contributed by atoms with Gasteiger partial charge in [-0.15, -0.1) is 0 Å². The summed E-state index contributed by atoms with van der Waals surface area (Å²) in [4.78, 5) is 12.2. The SMILES string of the molecule is CCc1cccc(C)c1NC(=O)CCCOc1cccc(C)c1C. The molecule has 0 saturated heterocycles. The van der Waals surface area contributed by atoms with E-state index in [1.165, 1.54) is 11.1 Å². The van der Waals surface area contributed by atoms with E-state index in [1.54, 1.807) is 0 Å². The molecule has 0 saturated carbocycles. The maximum absolute atomic E-state index is 12.2. The number of para-hydroxylation sites is 1. The molecule has 0 bridgehead atoms. The lowest BCUT2D eigenvalue weighted by molar-refractivity contribution is -0.116. The van der Waals surface area contributed by atoms with Crippen LogP contribution in [0.15, 0.2) is 36.4 Å². The Hall–Kier alpha value is -2.29. The Morgan fingerprint density at radius 3 is 2.50 bits per heavy atom. The number of amides is 1. The van der Waals surface area contributed by atoms with Gasteiger partial charge in [0.15, 0.2) is 0 Å². The van der Waals surface area contributed by atoms with E-state index in [0.717, 1.165) is 29.0 Å². The van der Waals surface area contributed by atoms with Crippen molar-refractivity contribution < 1.29 is 9.53 Å². The average molecular weight is 325 g/mol. The lowest BCUT2D eigenvalue weighted by atomic mass is 10.1. The molecule has 2 rings (SSSR count). The molecule has 0 unspecified atom stereocenters. The zero-order valence-corrected chi connectivity index (χ0v) is 15.1. The van der Waals surface area contributed by atoms with Gasteiger partial charge in [0, 0.05) is 12.1 Å². The van der Waals surface area contributed by atoms with Crippen molar-refractivity contribution in [3.63, 3.8) is 0 Å². The van der Waals surface area contributed by atoms with Gasteiger partial charge in [0.2, 0.25) is 5.91 Å². The van der Waals surface area contributed by atoms with Crippen LogP contribution in [0.25, 0.3) is 0 Å². The number of hydrogen-bond donors (Lipinski definition) is 1. The standard InChI is InChI=1S/C21H27NO2/c1-5-18-11-6-10-16(3)21(18)22-20(23)13-8-14-24-19-12-7-9-15(2)17(19)4/h6-7,9-12H,5,8,13-14H2,1-4H3,(H,22,23). The van der Waals surface area contributed by atoms with Gasteiger partial charge < -0.3 is 10.1 Å². The Kier molecular flexibility index (Phi) is 6.42. The van der Waals surface area contributed by atoms with E-state index in [9.17, 15) is 4.79 Å². The predicted molar refractivity (Wildman–Crippen MR) is 99.8 cm³/mol. The monoisotopic (exact) mass is 325 g/mol. The Morgan fingerprint density at radius 2 is 1.75 bits per heavy atom. The fourth-order valence-electron chi connectivity index (χ4n) is 2.70. The normalized spacial score (nSPS) is 10.5. The van der Waals surface area contributed by atoms with Gasteiger partial charge in [0.05, 0.1) is 6.61 Å². The first kappa shape index (κ1) is 18.1. The molecule has 1 N–H and O–H groups in total. The molecule has 1 amide bonds. The van der Waals surface area contributed by atoms with Crippen molar-refractivity contribution in [2.45, 2.75) is 47.0 Å². The molecular formula is C21H27NO2. The molecule has 0 heterocycles. The maximum Gasteiger partial charge on any atom is 0.224 e. The smallest absolute Gasteiger partial charge is 0.224 e. The van der Waals surface area contributed by atoms with Crippen LogP contribution in [0.3, 0.4) is 0 Å². The number of benzene rings is 2. The second-order valence-electron chi connectivity index (χ2n) is 6.16. The van der Waals surface area contributed by atoms with E-state index in [0.29, 0.717) is 19.4 Å². The molecule has 0 atom stereocenters. The molecule has 3 nitrogen and oxygen atoms in total. The van der Waals surface area contributed by atoms with Gasteiger partial charge in [-0.25, -0.2) is 0 Å². The highest BCUT2D eigenvalue weighted by molar-refractivity contribution is 5.92. The number of nitrogens with one attached hydrogen (secondary N) is 1. The Balaban J connectivity index is 1.83. The van der Waals surface area contributed by atoms with Crippen LogP contribution >= 0.6 is 0 Å². The summed E-state index contributed by atoms with van der Waals surface area (Å²) in [5.41, 5.74) is 5.62. The van der Waals surface area contributed by atoms with Crippen molar-refractivity contribution in [3.05, 3.63) is 58.7 Å². The summed E-state index contributed by atoms with van der Waals surface area (Å²) < 4.78 is 5.81. The summed E-state index contributed by atoms with van der Waals surface area (Å²) >= 11 is 0. The number of carbonyl (C=O) groups is 1. The van der Waals surface area contributed by atoms with Crippen molar-refractivity contribution in [2.24, 2.45) is 0 Å². The third-order valence-electron chi connectivity index (χ3n) is 4.37. The third-order valence-corrected chi connectivity index (χ3v) is 4.37. The van der Waals surface area contributed by atoms with Gasteiger partial charge in [-0.05, 0) is 61.9 Å². The molecule has 0 aliphatic carbocycles. The quantitative estimate of drug-likeness (QED) is 0.730. The van der Waals surface area contributed by atoms with Crippen molar-refractivity contribution in [1.29, 1.82) is 0 Å². The number of carbonyl (C=O) groups excluding carboxylic acids is 1. The van der Waals surface area contributed by atoms with Crippen molar-refractivity contribution in [2.75, 3.05) is 11.9 Å². The van der Waals surface area contributed by atoms with Gasteiger partial charge in [-0.2, -0.15) is 0 Å². The summed E-state index contributed by atoms with van der Waals surface area (Å²) in [6.45, 7) is 8.80. The minimum absolute atomic E-state index is 0.0450. The van der Waals surface area contributed by atoms with E-state index in [-0.39, 0.29) is 5.91 Å². The van der Waals surface area contributed by atoms with Crippen LogP contribution < -0.4 is 10.1 Å². The van der Waals surface area contributed by atoms with Crippen LogP contribution in [0, 0.1) is 20.8 Å². The van der Waals surface area contributed by atoms with Gasteiger partial charge in [-0.1, -0.05) is 37.3 Å². The second-order valence-corrected chi connectivity index (χ2v) is 6.16. The number of rotatable bonds is 7. The largest absolute Gasteiger partial charge is 0.493 e. The molecule has 0 aliphatic heterocycles. The van der Waals surface area contributed by atoms with E-state index in [1.807, 2.05) is 31.2 Å². The molecule has 0 spiro atoms. The van der Waals surface area contributed by atoms with Crippen LogP contribution in [0.2, 0.25) is 0 Å². The zero-order valence-electron chi connectivity index (χ0n) is 15.1. The topological polar surface area (TPSA) is 38.3 Å². The van der Waals surface area contributed by atoms with Gasteiger partial charge in [0.1, 0.15) is 5.75 Å². The van der Waals surface area contributed by atoms with Crippen LogP contribution in [-0.4, -0.2) is 12.5 Å². The fourth-order valence-corrected chi connectivity index (χ4v) is 2.70. The summed E-state index contributed by atoms with van der Waals surface area (Å²) in [7, 11) is 0. The van der Waals surface area contributed by atoms with Crippen molar-refractivity contribution >= 4 is 11.6 Å². The van der Waals surface area contributed by atoms with E-state index in [4.69, 9.17) is 4.74 Å². The molecule has 0 aromatic heterocycles. The number of ether oxygens (including phenoxy) is 1. The summed E-state index contributed by atoms with van der Waals surface area (Å²) in [6.07, 6.45) is 2.07. The Labute approximate surface area is 145 Å². The first-order valence-electron chi connectivity index (χ1n) is 8.60. The van der Waals surface area contributed by atoms with Gasteiger partial charge >= 0.3 is 0 Å². The van der Waals surface area contributed by atoms with E-state index < -0.39 is 0 Å². The van der Waals surface area contributed by atoms with Gasteiger partial charge in [-0.3, -0.25) is 4.79 Å². The molecule has 24 heavy (non-hydrogen) atoms. The minimum Gasteiger partial charge on any atom is -0.493 e. The third kappa shape index (κ3) is 4.60. The van der Waals surface area contributed by atoms with E-state index in [2.05, 4.69) is 38.2 Å². The predicted octanol–water partition coefficient (Wildman–Crippen LogP) is 4.97. The highest BCUT2D eigenvalue weighted by Crippen LogP contribution is 2.22. The Bertz CT molecular complexity index is 707. The lowest BCUT2D eigenvalue weighted by Crippen LogP contribution is -2.15. The molecule has 2 aromatic carbocycles. The zero-order chi connectivity index (χ0) is 17.5. The molecule has 0 aliphatic rings. The number of anilines is 1. The molecule has 128 valence electrons. The van der Waals surface area contributed by atoms with Crippen LogP contribution in [0.1, 0.15) is 42.0 Å². The fraction of sp³-hybridized carbons (Fsp3) is 0.381. The first-order chi connectivity index (χ1) is 11.5. The van der Waals surface area contributed by atoms with Crippen molar-refractivity contribution in [1.82, 2.24) is 0 Å². The Morgan fingerprint density at radius 1 is 1.04 bits per heavy atom. The maximum atomic E-state index is 12.2. The van der Waals surface area contributed by atoms with Crippen molar-refractivity contribution in [3.8, 4) is 5.75 Å². The minimum atomic E-state index is 0.0450. The van der Waals surface area contributed by atoms with Crippen LogP contribution in [0.4, 0.5) is 5.69 Å². The van der Waals surface area contributed by atoms with Crippen LogP contribution in [-0.2, 0) is 11.2 Å². The highest BCUT2D eigenvalue weighted by atomic mass is 16.5. The summed E-state index contributed by atoms with van der Waals surface area (Å²) in [5, 5.41) is 3.05. The number of hydrogen-bond acceptors (Lipinski definition) is 2. The lowest BCUT2D eigenvalue weighted by Gasteiger charge is -2.13. The molecule has 0 radical (unpaired) electrons. The molecular weight excluding hydrogens is 298 g/mol. The van der Waals surface area contributed by atoms with E-state index >= 15 is 0 Å². The van der Waals surface area contributed by atoms with Crippen LogP contribution in [0.5, 0.6) is 5.75 Å². The van der Waals surface area contributed by atoms with Gasteiger partial charge in [0.25, 0.3) is 0 Å². The summed E-state index contributed by atoms with van der Waals surface area (Å²) in [6, 6.07) is 12.2. The summed E-state index contributed by atoms with van der Waals surface area (Å²) in [5.74, 6) is 0.950. The highest BCUT2D eigenvalue weighted by Gasteiger charge is 2.09. The first-order valence-corrected chi connectivity index (χ1v) is 8.60.